The van der Waals surface area contributed by atoms with Crippen molar-refractivity contribution in [1.82, 2.24) is 14.8 Å². The average molecular weight is 505 g/mol. The number of amides is 3. The summed E-state index contributed by atoms with van der Waals surface area (Å²) in [5, 5.41) is 3.43. The minimum atomic E-state index is -0.573. The van der Waals surface area contributed by atoms with E-state index in [0.717, 1.165) is 10.9 Å². The van der Waals surface area contributed by atoms with Gasteiger partial charge in [0.25, 0.3) is 11.8 Å². The first-order valence-corrected chi connectivity index (χ1v) is 11.9. The van der Waals surface area contributed by atoms with Crippen molar-refractivity contribution in [3.63, 3.8) is 0 Å². The molecule has 2 aliphatic rings. The third kappa shape index (κ3) is 4.48. The number of hydrogen-bond acceptors (Lipinski definition) is 6. The van der Waals surface area contributed by atoms with Crippen molar-refractivity contribution in [1.29, 1.82) is 0 Å². The number of rotatable bonds is 5. The predicted molar refractivity (Wildman–Crippen MR) is 139 cm³/mol. The fourth-order valence-corrected chi connectivity index (χ4v) is 4.64. The molecule has 0 unspecified atom stereocenters. The second-order valence-corrected chi connectivity index (χ2v) is 8.77. The summed E-state index contributed by atoms with van der Waals surface area (Å²) in [7, 11) is 1.55. The van der Waals surface area contributed by atoms with E-state index in [-0.39, 0.29) is 23.1 Å². The maximum absolute atomic E-state index is 13.4. The fraction of sp³-hybridized carbons (Fsp3) is 0.231. The van der Waals surface area contributed by atoms with Gasteiger partial charge in [-0.3, -0.25) is 24.6 Å². The average Bonchev–Trinajstić information content (AvgIpc) is 3.24. The van der Waals surface area contributed by atoms with Crippen LogP contribution in [0.5, 0.6) is 5.75 Å². The zero-order chi connectivity index (χ0) is 25.2. The molecule has 2 aromatic carbocycles. The summed E-state index contributed by atoms with van der Waals surface area (Å²) in [5.41, 5.74) is 1.94. The highest BCUT2D eigenvalue weighted by Gasteiger charge is 2.34. The number of nitrogens with one attached hydrogen (secondary N) is 1. The van der Waals surface area contributed by atoms with Crippen LogP contribution >= 0.6 is 12.2 Å². The number of ether oxygens (including phenoxy) is 2. The molecule has 1 N–H and O–H groups in total. The lowest BCUT2D eigenvalue weighted by molar-refractivity contribution is -0.135. The van der Waals surface area contributed by atoms with Gasteiger partial charge in [-0.1, -0.05) is 18.2 Å². The summed E-state index contributed by atoms with van der Waals surface area (Å²) in [5.74, 6) is -0.486. The Morgan fingerprint density at radius 3 is 2.56 bits per heavy atom. The van der Waals surface area contributed by atoms with Crippen molar-refractivity contribution in [3.8, 4) is 5.75 Å². The number of para-hydroxylation sites is 1. The Morgan fingerprint density at radius 1 is 1.11 bits per heavy atom. The van der Waals surface area contributed by atoms with E-state index in [4.69, 9.17) is 21.7 Å². The van der Waals surface area contributed by atoms with Gasteiger partial charge in [-0.2, -0.15) is 0 Å². The number of morpholine rings is 1. The van der Waals surface area contributed by atoms with Crippen LogP contribution in [0.4, 0.5) is 5.69 Å². The van der Waals surface area contributed by atoms with Gasteiger partial charge in [-0.25, -0.2) is 0 Å². The molecule has 0 spiro atoms. The molecule has 9 nitrogen and oxygen atoms in total. The Balaban J connectivity index is 1.49. The Labute approximate surface area is 212 Å². The quantitative estimate of drug-likeness (QED) is 0.326. The lowest BCUT2D eigenvalue weighted by Crippen LogP contribution is -2.54. The molecular formula is C26H24N4O5S. The van der Waals surface area contributed by atoms with Crippen molar-refractivity contribution < 1.29 is 23.9 Å². The number of hydrogen-bond donors (Lipinski definition) is 1. The van der Waals surface area contributed by atoms with E-state index in [9.17, 15) is 14.4 Å². The molecule has 36 heavy (non-hydrogen) atoms. The molecule has 3 heterocycles. The minimum Gasteiger partial charge on any atom is -0.497 e. The van der Waals surface area contributed by atoms with Gasteiger partial charge in [0.2, 0.25) is 5.91 Å². The van der Waals surface area contributed by atoms with E-state index in [0.29, 0.717) is 43.3 Å². The molecule has 3 amide bonds. The molecule has 5 rings (SSSR count). The topological polar surface area (TPSA) is 93.1 Å². The molecule has 0 saturated carbocycles. The van der Waals surface area contributed by atoms with Crippen molar-refractivity contribution in [3.05, 3.63) is 65.9 Å². The third-order valence-corrected chi connectivity index (χ3v) is 6.51. The number of benzene rings is 2. The Morgan fingerprint density at radius 2 is 1.83 bits per heavy atom. The van der Waals surface area contributed by atoms with Crippen LogP contribution in [0.25, 0.3) is 17.0 Å². The number of nitrogens with zero attached hydrogens (tertiary/aromatic N) is 3. The largest absolute Gasteiger partial charge is 0.497 e. The Bertz CT molecular complexity index is 1390. The van der Waals surface area contributed by atoms with Crippen LogP contribution in [0.15, 0.2) is 60.3 Å². The minimum absolute atomic E-state index is 0.00542. The van der Waals surface area contributed by atoms with Crippen LogP contribution < -0.4 is 15.0 Å². The van der Waals surface area contributed by atoms with E-state index >= 15 is 0 Å². The normalized spacial score (nSPS) is 17.6. The molecule has 0 atom stereocenters. The Kier molecular flexibility index (Phi) is 6.53. The first-order valence-electron chi connectivity index (χ1n) is 11.4. The van der Waals surface area contributed by atoms with Gasteiger partial charge in [0.05, 0.1) is 26.0 Å². The summed E-state index contributed by atoms with van der Waals surface area (Å²) in [6.45, 7) is 2.32. The highest BCUT2D eigenvalue weighted by molar-refractivity contribution is 7.80. The van der Waals surface area contributed by atoms with Crippen LogP contribution in [-0.4, -0.2) is 65.7 Å². The van der Waals surface area contributed by atoms with Crippen LogP contribution in [0.1, 0.15) is 5.56 Å². The summed E-state index contributed by atoms with van der Waals surface area (Å²) in [4.78, 5) is 42.2. The van der Waals surface area contributed by atoms with Gasteiger partial charge in [0, 0.05) is 35.8 Å². The molecule has 184 valence electrons. The number of carbonyl (C=O) groups is 3. The third-order valence-electron chi connectivity index (χ3n) is 6.22. The summed E-state index contributed by atoms with van der Waals surface area (Å²) < 4.78 is 12.4. The number of fused-ring (bicyclic) bond motifs is 1. The van der Waals surface area contributed by atoms with Crippen molar-refractivity contribution in [2.45, 2.75) is 6.54 Å². The van der Waals surface area contributed by atoms with Gasteiger partial charge in [0.1, 0.15) is 17.9 Å². The van der Waals surface area contributed by atoms with Gasteiger partial charge >= 0.3 is 0 Å². The maximum atomic E-state index is 13.4. The number of aromatic nitrogens is 1. The monoisotopic (exact) mass is 504 g/mol. The second kappa shape index (κ2) is 9.92. The molecule has 2 fully saturated rings. The smallest absolute Gasteiger partial charge is 0.270 e. The van der Waals surface area contributed by atoms with E-state index in [1.54, 1.807) is 48.5 Å². The van der Waals surface area contributed by atoms with Crippen molar-refractivity contribution >= 4 is 57.7 Å². The molecular weight excluding hydrogens is 480 g/mol. The van der Waals surface area contributed by atoms with E-state index in [2.05, 4.69) is 5.32 Å². The molecule has 0 radical (unpaired) electrons. The van der Waals surface area contributed by atoms with E-state index in [1.165, 1.54) is 4.90 Å². The van der Waals surface area contributed by atoms with Crippen LogP contribution in [-0.2, 0) is 25.7 Å². The highest BCUT2D eigenvalue weighted by atomic mass is 32.1. The Hall–Kier alpha value is -4.02. The van der Waals surface area contributed by atoms with Crippen molar-refractivity contribution in [2.24, 2.45) is 0 Å². The second-order valence-electron chi connectivity index (χ2n) is 8.38. The molecule has 10 heteroatoms. The predicted octanol–water partition coefficient (Wildman–Crippen LogP) is 2.34. The van der Waals surface area contributed by atoms with Crippen LogP contribution in [0.2, 0.25) is 0 Å². The lowest BCUT2D eigenvalue weighted by Gasteiger charge is -2.29. The first kappa shape index (κ1) is 23.7. The van der Waals surface area contributed by atoms with Gasteiger partial charge in [-0.05, 0) is 48.6 Å². The lowest BCUT2D eigenvalue weighted by atomic mass is 10.1. The summed E-state index contributed by atoms with van der Waals surface area (Å²) >= 11 is 5.29. The molecule has 0 aliphatic carbocycles. The van der Waals surface area contributed by atoms with Crippen LogP contribution in [0, 0.1) is 0 Å². The number of methoxy groups -OCH3 is 1. The summed E-state index contributed by atoms with van der Waals surface area (Å²) in [6, 6.07) is 14.4. The highest BCUT2D eigenvalue weighted by Crippen LogP contribution is 2.27. The van der Waals surface area contributed by atoms with Gasteiger partial charge in [0.15, 0.2) is 5.11 Å². The van der Waals surface area contributed by atoms with E-state index < -0.39 is 11.8 Å². The fourth-order valence-electron chi connectivity index (χ4n) is 4.36. The zero-order valence-corrected chi connectivity index (χ0v) is 20.4. The number of anilines is 1. The molecule has 0 bridgehead atoms. The van der Waals surface area contributed by atoms with Gasteiger partial charge in [-0.15, -0.1) is 0 Å². The van der Waals surface area contributed by atoms with Crippen molar-refractivity contribution in [2.75, 3.05) is 38.3 Å². The van der Waals surface area contributed by atoms with Gasteiger partial charge < -0.3 is 18.9 Å². The standard InChI is InChI=1S/C26H24N4O5S/c1-34-19-8-6-18(7-9-19)30-25(33)21(24(32)27-26(30)36)14-17-15-29(22-5-3-2-4-20(17)22)16-23(31)28-10-12-35-13-11-28/h2-9,14-15H,10-13,16H2,1H3,(H,27,32,36). The summed E-state index contributed by atoms with van der Waals surface area (Å²) in [6.07, 6.45) is 3.34. The molecule has 3 aromatic rings. The number of carbonyl (C=O) groups excluding carboxylic acids is 3. The number of thiocarbonyl (C=S) groups is 1. The molecule has 2 saturated heterocycles. The zero-order valence-electron chi connectivity index (χ0n) is 19.6. The maximum Gasteiger partial charge on any atom is 0.270 e. The molecule has 1 aromatic heterocycles. The van der Waals surface area contributed by atoms with E-state index in [1.807, 2.05) is 28.8 Å². The SMILES string of the molecule is COc1ccc(N2C(=O)C(=Cc3cn(CC(=O)N4CCOCC4)c4ccccc34)C(=O)NC2=S)cc1. The molecule has 2 aliphatic heterocycles. The van der Waals surface area contributed by atoms with Crippen LogP contribution in [0.3, 0.4) is 0 Å². The first-order chi connectivity index (χ1) is 17.5.